The van der Waals surface area contributed by atoms with Crippen LogP contribution in [0.15, 0.2) is 0 Å². The van der Waals surface area contributed by atoms with Gasteiger partial charge < -0.3 is 14.2 Å². The smallest absolute Gasteiger partial charge is 0.403 e. The molecule has 6 nitrogen and oxygen atoms in total. The van der Waals surface area contributed by atoms with Crippen LogP contribution in [0.4, 0.5) is 4.79 Å². The van der Waals surface area contributed by atoms with E-state index in [0.717, 1.165) is 0 Å². The molecule has 0 aliphatic heterocycles. The van der Waals surface area contributed by atoms with E-state index in [4.69, 9.17) is 11.6 Å². The van der Waals surface area contributed by atoms with Crippen molar-refractivity contribution in [2.24, 2.45) is 5.92 Å². The Morgan fingerprint density at radius 1 is 1.00 bits per heavy atom. The molecule has 0 atom stereocenters. The zero-order valence-corrected chi connectivity index (χ0v) is 9.78. The second-order valence-electron chi connectivity index (χ2n) is 2.61. The van der Waals surface area contributed by atoms with Crippen molar-refractivity contribution < 1.29 is 28.6 Å². The molecule has 0 N–H and O–H groups in total. The van der Waals surface area contributed by atoms with Gasteiger partial charge in [-0.15, -0.1) is 0 Å². The van der Waals surface area contributed by atoms with E-state index in [2.05, 4.69) is 14.2 Å². The van der Waals surface area contributed by atoms with Crippen molar-refractivity contribution in [3.8, 4) is 0 Å². The highest BCUT2D eigenvalue weighted by Gasteiger charge is 2.30. The van der Waals surface area contributed by atoms with Crippen LogP contribution in [-0.2, 0) is 23.8 Å². The second kappa shape index (κ2) is 7.92. The average molecular weight is 253 g/mol. The van der Waals surface area contributed by atoms with E-state index in [1.807, 2.05) is 0 Å². The number of esters is 2. The maximum Gasteiger partial charge on any atom is 0.403 e. The summed E-state index contributed by atoms with van der Waals surface area (Å²) in [7, 11) is 0. The van der Waals surface area contributed by atoms with Gasteiger partial charge in [0.05, 0.1) is 13.2 Å². The highest BCUT2D eigenvalue weighted by Crippen LogP contribution is 2.06. The number of halogens is 1. The molecule has 0 unspecified atom stereocenters. The third-order valence-electron chi connectivity index (χ3n) is 1.51. The van der Waals surface area contributed by atoms with Crippen LogP contribution in [0.3, 0.4) is 0 Å². The summed E-state index contributed by atoms with van der Waals surface area (Å²) < 4.78 is 13.6. The Morgan fingerprint density at radius 2 is 1.44 bits per heavy atom. The Hall–Kier alpha value is -1.30. The molecule has 0 aromatic rings. The van der Waals surface area contributed by atoms with Crippen LogP contribution in [0, 0.1) is 5.92 Å². The van der Waals surface area contributed by atoms with Gasteiger partial charge in [0.1, 0.15) is 6.61 Å². The number of rotatable bonds is 6. The molecule has 0 saturated heterocycles. The average Bonchev–Trinajstić information content (AvgIpc) is 2.18. The number of ether oxygens (including phenoxy) is 3. The van der Waals surface area contributed by atoms with Crippen molar-refractivity contribution >= 4 is 29.0 Å². The Morgan fingerprint density at radius 3 is 1.75 bits per heavy atom. The summed E-state index contributed by atoms with van der Waals surface area (Å²) in [6.07, 6.45) is 0. The molecule has 0 spiro atoms. The van der Waals surface area contributed by atoms with E-state index in [1.54, 1.807) is 13.8 Å². The summed E-state index contributed by atoms with van der Waals surface area (Å²) in [6.45, 7) is 2.93. The molecule has 0 aliphatic rings. The fraction of sp³-hybridized carbons (Fsp3) is 0.667. The Bertz CT molecular complexity index is 247. The zero-order chi connectivity index (χ0) is 12.6. The highest BCUT2D eigenvalue weighted by molar-refractivity contribution is 6.61. The first-order valence-corrected chi connectivity index (χ1v) is 5.06. The van der Waals surface area contributed by atoms with E-state index in [9.17, 15) is 14.4 Å². The molecular formula is C9H13ClO6. The molecule has 0 rings (SSSR count). The van der Waals surface area contributed by atoms with E-state index in [1.165, 1.54) is 0 Å². The van der Waals surface area contributed by atoms with Gasteiger partial charge in [-0.1, -0.05) is 0 Å². The summed E-state index contributed by atoms with van der Waals surface area (Å²) in [5.74, 6) is -2.90. The minimum absolute atomic E-state index is 0.115. The van der Waals surface area contributed by atoms with E-state index in [-0.39, 0.29) is 13.2 Å². The normalized spacial score (nSPS) is 9.75. The maximum absolute atomic E-state index is 11.3. The monoisotopic (exact) mass is 252 g/mol. The lowest BCUT2D eigenvalue weighted by molar-refractivity contribution is -0.163. The van der Waals surface area contributed by atoms with Gasteiger partial charge in [-0.2, -0.15) is 0 Å². The van der Waals surface area contributed by atoms with Crippen LogP contribution in [0.25, 0.3) is 0 Å². The lowest BCUT2D eigenvalue weighted by atomic mass is 10.1. The second-order valence-corrected chi connectivity index (χ2v) is 2.91. The Balaban J connectivity index is 4.42. The first-order valence-electron chi connectivity index (χ1n) is 4.68. The van der Waals surface area contributed by atoms with Gasteiger partial charge in [0.2, 0.25) is 0 Å². The molecule has 16 heavy (non-hydrogen) atoms. The zero-order valence-electron chi connectivity index (χ0n) is 9.03. The van der Waals surface area contributed by atoms with E-state index in [0.29, 0.717) is 0 Å². The molecule has 7 heteroatoms. The van der Waals surface area contributed by atoms with E-state index >= 15 is 0 Å². The molecule has 0 saturated carbocycles. The first kappa shape index (κ1) is 14.7. The lowest BCUT2D eigenvalue weighted by Gasteiger charge is -2.13. The summed E-state index contributed by atoms with van der Waals surface area (Å²) >= 11 is 4.92. The summed E-state index contributed by atoms with van der Waals surface area (Å²) in [5, 5.41) is 0. The van der Waals surface area contributed by atoms with Crippen LogP contribution in [0.2, 0.25) is 0 Å². The van der Waals surface area contributed by atoms with Crippen LogP contribution < -0.4 is 0 Å². The van der Waals surface area contributed by atoms with Crippen molar-refractivity contribution in [3.05, 3.63) is 0 Å². The topological polar surface area (TPSA) is 78.9 Å². The standard InChI is InChI=1S/C9H13ClO6/c1-3-14-7(11)6(5-16-9(10)13)8(12)15-4-2/h6H,3-5H2,1-2H3. The van der Waals surface area contributed by atoms with Crippen molar-refractivity contribution in [1.29, 1.82) is 0 Å². The Kier molecular flexibility index (Phi) is 7.28. The van der Waals surface area contributed by atoms with Crippen molar-refractivity contribution in [2.45, 2.75) is 13.8 Å². The minimum atomic E-state index is -1.29. The van der Waals surface area contributed by atoms with Gasteiger partial charge in [-0.05, 0) is 13.8 Å². The summed E-state index contributed by atoms with van der Waals surface area (Å²) in [6, 6.07) is 0. The summed E-state index contributed by atoms with van der Waals surface area (Å²) in [4.78, 5) is 33.0. The number of hydrogen-bond donors (Lipinski definition) is 0. The first-order chi connectivity index (χ1) is 7.52. The summed E-state index contributed by atoms with van der Waals surface area (Å²) in [5.41, 5.74) is -1.10. The maximum atomic E-state index is 11.3. The molecule has 0 aromatic heterocycles. The fourth-order valence-electron chi connectivity index (χ4n) is 0.867. The third-order valence-corrected chi connectivity index (χ3v) is 1.61. The molecule has 0 radical (unpaired) electrons. The van der Waals surface area contributed by atoms with Crippen molar-refractivity contribution in [1.82, 2.24) is 0 Å². The fourth-order valence-corrected chi connectivity index (χ4v) is 0.930. The molecule has 0 aliphatic carbocycles. The van der Waals surface area contributed by atoms with Gasteiger partial charge in [-0.25, -0.2) is 4.79 Å². The van der Waals surface area contributed by atoms with E-state index < -0.39 is 29.9 Å². The van der Waals surface area contributed by atoms with Crippen LogP contribution in [0.5, 0.6) is 0 Å². The van der Waals surface area contributed by atoms with Gasteiger partial charge in [0.25, 0.3) is 0 Å². The van der Waals surface area contributed by atoms with Crippen LogP contribution in [0.1, 0.15) is 13.8 Å². The van der Waals surface area contributed by atoms with Gasteiger partial charge in [0.15, 0.2) is 5.92 Å². The lowest BCUT2D eigenvalue weighted by Crippen LogP contribution is -2.32. The predicted molar refractivity (Wildman–Crippen MR) is 54.0 cm³/mol. The quantitative estimate of drug-likeness (QED) is 0.305. The van der Waals surface area contributed by atoms with Crippen LogP contribution in [-0.4, -0.2) is 37.2 Å². The van der Waals surface area contributed by atoms with Crippen molar-refractivity contribution in [2.75, 3.05) is 19.8 Å². The van der Waals surface area contributed by atoms with Gasteiger partial charge in [-0.3, -0.25) is 9.59 Å². The largest absolute Gasteiger partial charge is 0.465 e. The molecule has 92 valence electrons. The minimum Gasteiger partial charge on any atom is -0.465 e. The van der Waals surface area contributed by atoms with Gasteiger partial charge >= 0.3 is 17.4 Å². The van der Waals surface area contributed by atoms with Crippen molar-refractivity contribution in [3.63, 3.8) is 0 Å². The number of hydrogen-bond acceptors (Lipinski definition) is 6. The van der Waals surface area contributed by atoms with Crippen LogP contribution >= 0.6 is 11.6 Å². The predicted octanol–water partition coefficient (Wildman–Crippen LogP) is 1.10. The number of carbonyl (C=O) groups excluding carboxylic acids is 3. The van der Waals surface area contributed by atoms with Gasteiger partial charge in [0, 0.05) is 11.6 Å². The molecule has 0 aromatic carbocycles. The Labute approximate surface area is 97.8 Å². The molecular weight excluding hydrogens is 240 g/mol. The highest BCUT2D eigenvalue weighted by atomic mass is 35.5. The number of carbonyl (C=O) groups is 3. The SMILES string of the molecule is CCOC(=O)C(COC(=O)Cl)C(=O)OCC. The third kappa shape index (κ3) is 5.55. The molecule has 0 bridgehead atoms. The molecule has 0 heterocycles. The molecule has 0 amide bonds. The molecule has 0 fully saturated rings.